The minimum atomic E-state index is -4.87. The van der Waals surface area contributed by atoms with Crippen molar-refractivity contribution in [3.05, 3.63) is 23.9 Å². The number of halogens is 3. The number of alkyl carbamates (subject to hydrolysis) is 1. The first-order valence-electron chi connectivity index (χ1n) is 16.6. The molecule has 0 radical (unpaired) electrons. The quantitative estimate of drug-likeness (QED) is 0.369. The molecule has 13 heteroatoms. The van der Waals surface area contributed by atoms with Crippen molar-refractivity contribution in [2.75, 3.05) is 6.54 Å². The van der Waals surface area contributed by atoms with Gasteiger partial charge in [0.2, 0.25) is 11.8 Å². The number of alkyl halides is 3. The molecule has 3 heterocycles. The van der Waals surface area contributed by atoms with Crippen LogP contribution >= 0.6 is 0 Å². The molecule has 2 aliphatic heterocycles. The van der Waals surface area contributed by atoms with Gasteiger partial charge in [-0.1, -0.05) is 40.5 Å². The Morgan fingerprint density at radius 2 is 1.83 bits per heavy atom. The zero-order valence-corrected chi connectivity index (χ0v) is 27.7. The molecule has 2 bridgehead atoms. The lowest BCUT2D eigenvalue weighted by atomic mass is 9.85. The minimum absolute atomic E-state index is 0.0419. The summed E-state index contributed by atoms with van der Waals surface area (Å²) in [5, 5.41) is 2.84. The predicted octanol–water partition coefficient (Wildman–Crippen LogP) is 6.53. The Kier molecular flexibility index (Phi) is 9.94. The monoisotopic (exact) mass is 662 g/mol. The highest BCUT2D eigenvalue weighted by molar-refractivity contribution is 5.89. The van der Waals surface area contributed by atoms with Crippen LogP contribution in [0.15, 0.2) is 18.2 Å². The lowest BCUT2D eigenvalue weighted by Gasteiger charge is -2.37. The third-order valence-corrected chi connectivity index (χ3v) is 9.97. The molecule has 6 atom stereocenters. The van der Waals surface area contributed by atoms with Crippen LogP contribution in [0.2, 0.25) is 0 Å². The van der Waals surface area contributed by atoms with E-state index < -0.39 is 59.2 Å². The van der Waals surface area contributed by atoms with E-state index in [-0.39, 0.29) is 23.9 Å². The molecule has 1 aromatic heterocycles. The second-order valence-electron chi connectivity index (χ2n) is 14.4. The van der Waals surface area contributed by atoms with Gasteiger partial charge in [0.1, 0.15) is 35.5 Å². The number of aryl methyl sites for hydroxylation is 1. The van der Waals surface area contributed by atoms with Crippen LogP contribution in [0.25, 0.3) is 11.0 Å². The van der Waals surface area contributed by atoms with Crippen LogP contribution in [0.3, 0.4) is 0 Å². The van der Waals surface area contributed by atoms with Crippen LogP contribution in [0.4, 0.5) is 18.0 Å². The summed E-state index contributed by atoms with van der Waals surface area (Å²) in [5.74, 6) is -0.934. The molecule has 5 rings (SSSR count). The van der Waals surface area contributed by atoms with Crippen molar-refractivity contribution in [2.24, 2.45) is 17.3 Å². The predicted molar refractivity (Wildman–Crippen MR) is 167 cm³/mol. The number of amides is 2. The standard InChI is InChI=1S/C34H45F3N4O6/c1-6-22-26(19-42)41-18-27(22)45-29-24(38-23-15-14-21(17-25(23)39-29)46-34(35,36)37)13-9-7-8-11-20-12-10-16-33(20,5)47-31(44)40-28(30(41)43)32(2,3)4/h14-15,17,19-20,22,26-28H,6-13,16,18H2,1-5H3,(H,40,44)/t20-,22+,26-,27+,28-,33-/m1/s1. The molecule has 1 aliphatic carbocycles. The van der Waals surface area contributed by atoms with Gasteiger partial charge in [-0.3, -0.25) is 4.79 Å². The van der Waals surface area contributed by atoms with Gasteiger partial charge in [0.05, 0.1) is 23.6 Å². The summed E-state index contributed by atoms with van der Waals surface area (Å²) in [5.41, 5.74) is -0.256. The van der Waals surface area contributed by atoms with E-state index in [1.807, 2.05) is 34.6 Å². The van der Waals surface area contributed by atoms with Gasteiger partial charge in [0, 0.05) is 12.0 Å². The molecule has 1 saturated carbocycles. The number of nitrogens with one attached hydrogen (secondary N) is 1. The van der Waals surface area contributed by atoms with Crippen LogP contribution in [0, 0.1) is 17.3 Å². The van der Waals surface area contributed by atoms with E-state index in [0.717, 1.165) is 57.3 Å². The van der Waals surface area contributed by atoms with Gasteiger partial charge in [-0.15, -0.1) is 13.2 Å². The number of aromatic nitrogens is 2. The fraction of sp³-hybridized carbons (Fsp3) is 0.676. The molecule has 258 valence electrons. The third-order valence-electron chi connectivity index (χ3n) is 9.97. The van der Waals surface area contributed by atoms with E-state index in [2.05, 4.69) is 15.0 Å². The Morgan fingerprint density at radius 1 is 1.09 bits per heavy atom. The fourth-order valence-electron chi connectivity index (χ4n) is 7.42. The normalized spacial score (nSPS) is 29.5. The zero-order chi connectivity index (χ0) is 34.1. The van der Waals surface area contributed by atoms with Gasteiger partial charge in [-0.05, 0) is 75.3 Å². The lowest BCUT2D eigenvalue weighted by Crippen LogP contribution is -2.57. The molecular weight excluding hydrogens is 617 g/mol. The van der Waals surface area contributed by atoms with Crippen molar-refractivity contribution < 1.29 is 41.8 Å². The Labute approximate surface area is 273 Å². The summed E-state index contributed by atoms with van der Waals surface area (Å²) in [4.78, 5) is 50.9. The molecule has 1 saturated heterocycles. The first-order valence-corrected chi connectivity index (χ1v) is 16.6. The van der Waals surface area contributed by atoms with Crippen molar-refractivity contribution in [3.63, 3.8) is 0 Å². The number of hydrogen-bond acceptors (Lipinski definition) is 8. The summed E-state index contributed by atoms with van der Waals surface area (Å²) < 4.78 is 55.5. The maximum absolute atomic E-state index is 14.2. The third kappa shape index (κ3) is 7.75. The van der Waals surface area contributed by atoms with E-state index in [9.17, 15) is 27.6 Å². The molecule has 0 unspecified atom stereocenters. The van der Waals surface area contributed by atoms with Crippen LogP contribution in [-0.4, -0.2) is 69.9 Å². The molecule has 1 aromatic carbocycles. The smallest absolute Gasteiger partial charge is 0.471 e. The summed E-state index contributed by atoms with van der Waals surface area (Å²) in [6.45, 7) is 9.42. The minimum Gasteiger partial charge on any atom is -0.471 e. The number of carbonyl (C=O) groups is 3. The zero-order valence-electron chi connectivity index (χ0n) is 27.7. The average Bonchev–Trinajstić information content (AvgIpc) is 3.52. The molecule has 2 aromatic rings. The van der Waals surface area contributed by atoms with E-state index in [0.29, 0.717) is 24.1 Å². The largest absolute Gasteiger partial charge is 0.573 e. The second-order valence-corrected chi connectivity index (χ2v) is 14.4. The molecule has 1 N–H and O–H groups in total. The Morgan fingerprint density at radius 3 is 2.51 bits per heavy atom. The van der Waals surface area contributed by atoms with Crippen molar-refractivity contribution in [3.8, 4) is 11.6 Å². The average molecular weight is 663 g/mol. The Balaban J connectivity index is 1.54. The van der Waals surface area contributed by atoms with Gasteiger partial charge in [0.15, 0.2) is 0 Å². The number of hydrogen-bond donors (Lipinski definition) is 1. The number of ether oxygens (including phenoxy) is 3. The Hall–Kier alpha value is -3.64. The highest BCUT2D eigenvalue weighted by Crippen LogP contribution is 2.42. The maximum Gasteiger partial charge on any atom is 0.573 e. The van der Waals surface area contributed by atoms with Crippen molar-refractivity contribution in [1.82, 2.24) is 20.2 Å². The van der Waals surface area contributed by atoms with Crippen LogP contribution in [-0.2, 0) is 20.7 Å². The molecule has 2 amide bonds. The number of aldehydes is 1. The van der Waals surface area contributed by atoms with Gasteiger partial charge in [0.25, 0.3) is 0 Å². The summed E-state index contributed by atoms with van der Waals surface area (Å²) in [6, 6.07) is 1.98. The highest BCUT2D eigenvalue weighted by atomic mass is 19.4. The topological polar surface area (TPSA) is 120 Å². The fourth-order valence-corrected chi connectivity index (χ4v) is 7.42. The van der Waals surface area contributed by atoms with E-state index >= 15 is 0 Å². The van der Waals surface area contributed by atoms with Crippen LogP contribution < -0.4 is 14.8 Å². The molecular formula is C34H45F3N4O6. The summed E-state index contributed by atoms with van der Waals surface area (Å²) in [7, 11) is 0. The molecule has 47 heavy (non-hydrogen) atoms. The first-order chi connectivity index (χ1) is 22.1. The first kappa shape index (κ1) is 34.7. The van der Waals surface area contributed by atoms with Crippen molar-refractivity contribution in [2.45, 2.75) is 123 Å². The Bertz CT molecular complexity index is 1480. The molecule has 2 fully saturated rings. The molecule has 10 nitrogen and oxygen atoms in total. The number of rotatable bonds is 3. The van der Waals surface area contributed by atoms with Crippen molar-refractivity contribution in [1.29, 1.82) is 0 Å². The van der Waals surface area contributed by atoms with Crippen molar-refractivity contribution >= 4 is 29.3 Å². The number of benzene rings is 1. The second kappa shape index (κ2) is 13.5. The van der Waals surface area contributed by atoms with Crippen LogP contribution in [0.5, 0.6) is 11.6 Å². The van der Waals surface area contributed by atoms with E-state index in [1.54, 1.807) is 0 Å². The SMILES string of the molecule is CC[C@@H]1[C@@H]2CN(C(=O)[C@H](C(C)(C)C)NC(=O)O[C@]3(C)CCC[C@H]3CCCCCc3nc4ccc(OC(F)(F)F)cc4nc3O2)[C@@H]1C=O. The van der Waals surface area contributed by atoms with E-state index in [1.165, 1.54) is 17.0 Å². The lowest BCUT2D eigenvalue weighted by molar-refractivity contribution is -0.274. The van der Waals surface area contributed by atoms with E-state index in [4.69, 9.17) is 14.5 Å². The van der Waals surface area contributed by atoms with Gasteiger partial charge in [-0.2, -0.15) is 0 Å². The number of nitrogens with zero attached hydrogens (tertiary/aromatic N) is 3. The molecule has 0 spiro atoms. The number of fused-ring (bicyclic) bond motifs is 5. The molecule has 3 aliphatic rings. The maximum atomic E-state index is 14.2. The van der Waals surface area contributed by atoms with Crippen LogP contribution in [0.1, 0.15) is 91.7 Å². The van der Waals surface area contributed by atoms with Gasteiger partial charge in [-0.25, -0.2) is 14.8 Å². The van der Waals surface area contributed by atoms with Gasteiger partial charge >= 0.3 is 12.5 Å². The summed E-state index contributed by atoms with van der Waals surface area (Å²) in [6.07, 6.45) is 1.57. The highest BCUT2D eigenvalue weighted by Gasteiger charge is 2.49. The van der Waals surface area contributed by atoms with Gasteiger partial charge < -0.3 is 29.2 Å². The summed E-state index contributed by atoms with van der Waals surface area (Å²) >= 11 is 0. The number of carbonyl (C=O) groups excluding carboxylic acids is 3.